The molecule has 0 saturated heterocycles. The number of rotatable bonds is 1. The fraction of sp³-hybridized carbons (Fsp3) is 0.222. The number of nitrogens with one attached hydrogen (secondary N) is 1. The number of H-pyrrole nitrogens is 1. The zero-order valence-corrected chi connectivity index (χ0v) is 14.2. The van der Waals surface area contributed by atoms with Gasteiger partial charge < -0.3 is 14.5 Å². The topological polar surface area (TPSA) is 77.7 Å². The number of carbonyl (C=O) groups excluding carboxylic acids is 1. The van der Waals surface area contributed by atoms with Crippen LogP contribution >= 0.6 is 12.2 Å². The van der Waals surface area contributed by atoms with E-state index in [0.717, 1.165) is 16.7 Å². The Labute approximate surface area is 149 Å². The van der Waals surface area contributed by atoms with Crippen LogP contribution in [0.25, 0.3) is 11.0 Å². The molecule has 1 N–H and O–H groups in total. The lowest BCUT2D eigenvalue weighted by atomic mass is 10.1. The van der Waals surface area contributed by atoms with Crippen LogP contribution in [0.15, 0.2) is 36.7 Å². The van der Waals surface area contributed by atoms with E-state index >= 15 is 0 Å². The third-order valence-corrected chi connectivity index (χ3v) is 4.89. The fourth-order valence-corrected chi connectivity index (χ4v) is 3.68. The minimum absolute atomic E-state index is 0.0115. The average molecular weight is 349 g/mol. The number of fused-ring (bicyclic) bond motifs is 3. The van der Waals surface area contributed by atoms with Crippen LogP contribution in [-0.2, 0) is 13.0 Å². The summed E-state index contributed by atoms with van der Waals surface area (Å²) in [5.74, 6) is 0.0115. The van der Waals surface area contributed by atoms with E-state index < -0.39 is 0 Å². The largest absolute Gasteiger partial charge is 0.343 e. The van der Waals surface area contributed by atoms with Crippen LogP contribution in [0.5, 0.6) is 0 Å². The van der Waals surface area contributed by atoms with E-state index in [0.29, 0.717) is 41.8 Å². The minimum Gasteiger partial charge on any atom is -0.343 e. The number of aromatic nitrogens is 3. The maximum atomic E-state index is 12.7. The van der Waals surface area contributed by atoms with Gasteiger partial charge in [-0.25, -0.2) is 4.98 Å². The summed E-state index contributed by atoms with van der Waals surface area (Å²) < 4.78 is 2.51. The molecule has 25 heavy (non-hydrogen) atoms. The first-order valence-electron chi connectivity index (χ1n) is 8.04. The molecule has 4 rings (SSSR count). The van der Waals surface area contributed by atoms with E-state index in [1.54, 1.807) is 0 Å². The van der Waals surface area contributed by atoms with Gasteiger partial charge in [0.25, 0.3) is 5.91 Å². The molecule has 0 unspecified atom stereocenters. The van der Waals surface area contributed by atoms with E-state index in [1.807, 2.05) is 39.8 Å². The van der Waals surface area contributed by atoms with Gasteiger partial charge in [0.05, 0.1) is 17.4 Å². The summed E-state index contributed by atoms with van der Waals surface area (Å²) in [5, 5.41) is 9.60. The molecule has 7 heteroatoms. The van der Waals surface area contributed by atoms with Gasteiger partial charge in [0.2, 0.25) is 0 Å². The Morgan fingerprint density at radius 2 is 2.04 bits per heavy atom. The van der Waals surface area contributed by atoms with Gasteiger partial charge in [0.1, 0.15) is 11.6 Å². The molecule has 6 nitrogen and oxygen atoms in total. The number of nitrogens with zero attached hydrogens (tertiary/aromatic N) is 4. The SMILES string of the molecule is N#Cc1c2n(c3c(=S)nc[nH]c13)CCN(C(=O)c1ccccc1)CC2. The highest BCUT2D eigenvalue weighted by Crippen LogP contribution is 2.26. The number of hydrogen-bond donors (Lipinski definition) is 1. The minimum atomic E-state index is 0.0115. The van der Waals surface area contributed by atoms with Gasteiger partial charge in [-0.15, -0.1) is 0 Å². The van der Waals surface area contributed by atoms with E-state index in [-0.39, 0.29) is 5.91 Å². The Bertz CT molecular complexity index is 1060. The van der Waals surface area contributed by atoms with Gasteiger partial charge in [-0.1, -0.05) is 30.4 Å². The van der Waals surface area contributed by atoms with Gasteiger partial charge in [-0.2, -0.15) is 5.26 Å². The van der Waals surface area contributed by atoms with Crippen LogP contribution in [-0.4, -0.2) is 38.4 Å². The second kappa shape index (κ2) is 6.15. The molecule has 0 saturated carbocycles. The lowest BCUT2D eigenvalue weighted by Gasteiger charge is -2.20. The zero-order chi connectivity index (χ0) is 17.4. The van der Waals surface area contributed by atoms with Crippen molar-refractivity contribution in [3.63, 3.8) is 0 Å². The van der Waals surface area contributed by atoms with Crippen LogP contribution in [0, 0.1) is 16.0 Å². The summed E-state index contributed by atoms with van der Waals surface area (Å²) >= 11 is 5.36. The first kappa shape index (κ1) is 15.5. The van der Waals surface area contributed by atoms with Crippen molar-refractivity contribution >= 4 is 29.2 Å². The molecule has 2 aromatic heterocycles. The second-order valence-corrected chi connectivity index (χ2v) is 6.31. The summed E-state index contributed by atoms with van der Waals surface area (Å²) in [7, 11) is 0. The zero-order valence-electron chi connectivity index (χ0n) is 13.4. The average Bonchev–Trinajstić information content (AvgIpc) is 2.80. The van der Waals surface area contributed by atoms with Crippen molar-refractivity contribution in [2.75, 3.05) is 13.1 Å². The van der Waals surface area contributed by atoms with E-state index in [1.165, 1.54) is 6.33 Å². The van der Waals surface area contributed by atoms with Gasteiger partial charge >= 0.3 is 0 Å². The van der Waals surface area contributed by atoms with Gasteiger partial charge in [-0.05, 0) is 12.1 Å². The molecule has 0 radical (unpaired) electrons. The first-order valence-corrected chi connectivity index (χ1v) is 8.44. The van der Waals surface area contributed by atoms with E-state index in [4.69, 9.17) is 12.2 Å². The highest BCUT2D eigenvalue weighted by atomic mass is 32.1. The van der Waals surface area contributed by atoms with Crippen molar-refractivity contribution in [1.82, 2.24) is 19.4 Å². The summed E-state index contributed by atoms with van der Waals surface area (Å²) in [6, 6.07) is 11.5. The molecule has 1 aromatic carbocycles. The maximum Gasteiger partial charge on any atom is 0.253 e. The molecule has 124 valence electrons. The molecule has 1 amide bonds. The molecular weight excluding hydrogens is 334 g/mol. The lowest BCUT2D eigenvalue weighted by molar-refractivity contribution is 0.0759. The molecule has 0 aliphatic carbocycles. The molecule has 1 aliphatic heterocycles. The monoisotopic (exact) mass is 349 g/mol. The van der Waals surface area contributed by atoms with Crippen molar-refractivity contribution in [1.29, 1.82) is 5.26 Å². The number of benzene rings is 1. The fourth-order valence-electron chi connectivity index (χ4n) is 3.41. The lowest BCUT2D eigenvalue weighted by Crippen LogP contribution is -2.33. The van der Waals surface area contributed by atoms with Crippen molar-refractivity contribution in [2.45, 2.75) is 13.0 Å². The quantitative estimate of drug-likeness (QED) is 0.685. The highest BCUT2D eigenvalue weighted by molar-refractivity contribution is 7.71. The van der Waals surface area contributed by atoms with Crippen molar-refractivity contribution in [3.05, 3.63) is 58.1 Å². The van der Waals surface area contributed by atoms with Crippen LogP contribution in [0.4, 0.5) is 0 Å². The number of carbonyl (C=O) groups is 1. The predicted molar refractivity (Wildman–Crippen MR) is 95.7 cm³/mol. The molecule has 0 atom stereocenters. The molecule has 0 bridgehead atoms. The smallest absolute Gasteiger partial charge is 0.253 e. The van der Waals surface area contributed by atoms with Crippen LogP contribution in [0.1, 0.15) is 21.6 Å². The molecule has 3 aromatic rings. The van der Waals surface area contributed by atoms with Gasteiger partial charge in [0, 0.05) is 37.3 Å². The number of amides is 1. The van der Waals surface area contributed by atoms with Gasteiger partial charge in [0.15, 0.2) is 4.64 Å². The van der Waals surface area contributed by atoms with Crippen LogP contribution in [0.3, 0.4) is 0 Å². The third-order valence-electron chi connectivity index (χ3n) is 4.60. The Morgan fingerprint density at radius 1 is 1.24 bits per heavy atom. The van der Waals surface area contributed by atoms with Crippen molar-refractivity contribution < 1.29 is 4.79 Å². The third kappa shape index (κ3) is 2.51. The molecule has 3 heterocycles. The summed E-state index contributed by atoms with van der Waals surface area (Å²) in [5.41, 5.74) is 3.70. The standard InChI is InChI=1S/C18H15N5OS/c19-10-13-14-6-7-22(18(24)12-4-2-1-3-5-12)8-9-23(14)16-15(13)20-11-21-17(16)25/h1-5,11H,6-9H2,(H,20,21,25). The Morgan fingerprint density at radius 3 is 2.80 bits per heavy atom. The summed E-state index contributed by atoms with van der Waals surface area (Å²) in [6.45, 7) is 1.73. The number of nitriles is 1. The molecule has 0 fully saturated rings. The molecule has 1 aliphatic rings. The van der Waals surface area contributed by atoms with Crippen LogP contribution in [0.2, 0.25) is 0 Å². The Hall–Kier alpha value is -2.98. The first-order chi connectivity index (χ1) is 12.2. The Kier molecular flexibility index (Phi) is 3.82. The van der Waals surface area contributed by atoms with E-state index in [9.17, 15) is 10.1 Å². The summed E-state index contributed by atoms with van der Waals surface area (Å²) in [6.07, 6.45) is 2.13. The maximum absolute atomic E-state index is 12.7. The van der Waals surface area contributed by atoms with Gasteiger partial charge in [-0.3, -0.25) is 4.79 Å². The predicted octanol–water partition coefficient (Wildman–Crippen LogP) is 2.66. The Balaban J connectivity index is 1.73. The van der Waals surface area contributed by atoms with E-state index in [2.05, 4.69) is 16.0 Å². The normalized spacial score (nSPS) is 14.0. The summed E-state index contributed by atoms with van der Waals surface area (Å²) in [4.78, 5) is 21.7. The highest BCUT2D eigenvalue weighted by Gasteiger charge is 2.25. The number of hydrogen-bond acceptors (Lipinski definition) is 4. The van der Waals surface area contributed by atoms with Crippen LogP contribution < -0.4 is 0 Å². The molecule has 0 spiro atoms. The van der Waals surface area contributed by atoms with Crippen molar-refractivity contribution in [2.24, 2.45) is 0 Å². The number of aromatic amines is 1. The van der Waals surface area contributed by atoms with Crippen molar-refractivity contribution in [3.8, 4) is 6.07 Å². The molecular formula is C18H15N5OS. The second-order valence-electron chi connectivity index (χ2n) is 5.92.